The molecule has 0 saturated carbocycles. The van der Waals surface area contributed by atoms with E-state index in [9.17, 15) is 9.59 Å². The first kappa shape index (κ1) is 16.8. The molecular formula is C14H26N2O4. The van der Waals surface area contributed by atoms with E-state index in [0.717, 1.165) is 0 Å². The molecule has 0 radical (unpaired) electrons. The van der Waals surface area contributed by atoms with Gasteiger partial charge in [0, 0.05) is 12.6 Å². The summed E-state index contributed by atoms with van der Waals surface area (Å²) in [6, 6.07) is -0.622. The van der Waals surface area contributed by atoms with E-state index < -0.39 is 12.0 Å². The van der Waals surface area contributed by atoms with Gasteiger partial charge in [0.15, 0.2) is 0 Å². The SMILES string of the molecule is CC1CN(C(=O)NC(CC(=O)O)C(C)(C)C)C(C)CO1. The minimum atomic E-state index is -0.909. The average Bonchev–Trinajstić information content (AvgIpc) is 2.29. The molecule has 6 nitrogen and oxygen atoms in total. The minimum Gasteiger partial charge on any atom is -0.481 e. The van der Waals surface area contributed by atoms with Crippen LogP contribution in [0.3, 0.4) is 0 Å². The van der Waals surface area contributed by atoms with Gasteiger partial charge in [-0.3, -0.25) is 4.79 Å². The van der Waals surface area contributed by atoms with Crippen molar-refractivity contribution in [3.63, 3.8) is 0 Å². The Kier molecular flexibility index (Phi) is 5.39. The van der Waals surface area contributed by atoms with E-state index in [1.165, 1.54) is 0 Å². The Balaban J connectivity index is 2.72. The molecule has 1 aliphatic heterocycles. The summed E-state index contributed by atoms with van der Waals surface area (Å²) in [7, 11) is 0. The fourth-order valence-corrected chi connectivity index (χ4v) is 2.17. The largest absolute Gasteiger partial charge is 0.481 e. The van der Waals surface area contributed by atoms with Crippen molar-refractivity contribution in [1.29, 1.82) is 0 Å². The van der Waals surface area contributed by atoms with Gasteiger partial charge in [0.05, 0.1) is 25.2 Å². The van der Waals surface area contributed by atoms with E-state index >= 15 is 0 Å². The highest BCUT2D eigenvalue weighted by molar-refractivity contribution is 5.76. The number of rotatable bonds is 3. The number of amides is 2. The number of carbonyl (C=O) groups is 2. The second-order valence-electron chi connectivity index (χ2n) is 6.61. The number of ether oxygens (including phenoxy) is 1. The van der Waals surface area contributed by atoms with Crippen molar-refractivity contribution in [2.45, 2.75) is 59.2 Å². The van der Waals surface area contributed by atoms with E-state index in [1.807, 2.05) is 34.6 Å². The molecule has 6 heteroatoms. The highest BCUT2D eigenvalue weighted by Crippen LogP contribution is 2.22. The van der Waals surface area contributed by atoms with Gasteiger partial charge in [0.1, 0.15) is 0 Å². The smallest absolute Gasteiger partial charge is 0.318 e. The predicted molar refractivity (Wildman–Crippen MR) is 75.6 cm³/mol. The maximum Gasteiger partial charge on any atom is 0.318 e. The fraction of sp³-hybridized carbons (Fsp3) is 0.857. The number of carboxylic acid groups (broad SMARTS) is 1. The summed E-state index contributed by atoms with van der Waals surface area (Å²) in [5.74, 6) is -0.909. The third-order valence-corrected chi connectivity index (χ3v) is 3.59. The van der Waals surface area contributed by atoms with Crippen LogP contribution < -0.4 is 5.32 Å². The van der Waals surface area contributed by atoms with Crippen molar-refractivity contribution in [3.8, 4) is 0 Å². The van der Waals surface area contributed by atoms with Crippen LogP contribution in [0.5, 0.6) is 0 Å². The van der Waals surface area contributed by atoms with E-state index in [0.29, 0.717) is 13.2 Å². The molecule has 2 N–H and O–H groups in total. The summed E-state index contributed by atoms with van der Waals surface area (Å²) in [4.78, 5) is 25.0. The van der Waals surface area contributed by atoms with Gasteiger partial charge in [-0.05, 0) is 19.3 Å². The third-order valence-electron chi connectivity index (χ3n) is 3.59. The van der Waals surface area contributed by atoms with Gasteiger partial charge in [-0.2, -0.15) is 0 Å². The zero-order chi connectivity index (χ0) is 15.5. The van der Waals surface area contributed by atoms with Gasteiger partial charge in [-0.15, -0.1) is 0 Å². The highest BCUT2D eigenvalue weighted by Gasteiger charge is 2.33. The molecule has 0 aromatic heterocycles. The van der Waals surface area contributed by atoms with Gasteiger partial charge in [0.2, 0.25) is 0 Å². The molecule has 1 heterocycles. The van der Waals surface area contributed by atoms with Crippen LogP contribution in [0.2, 0.25) is 0 Å². The molecule has 1 aliphatic rings. The summed E-state index contributed by atoms with van der Waals surface area (Å²) < 4.78 is 5.49. The lowest BCUT2D eigenvalue weighted by Gasteiger charge is -2.39. The van der Waals surface area contributed by atoms with Crippen molar-refractivity contribution in [2.24, 2.45) is 5.41 Å². The van der Waals surface area contributed by atoms with Crippen LogP contribution in [0, 0.1) is 5.41 Å². The monoisotopic (exact) mass is 286 g/mol. The average molecular weight is 286 g/mol. The number of nitrogens with one attached hydrogen (secondary N) is 1. The van der Waals surface area contributed by atoms with Gasteiger partial charge in [-0.25, -0.2) is 4.79 Å². The van der Waals surface area contributed by atoms with E-state index in [4.69, 9.17) is 9.84 Å². The first-order chi connectivity index (χ1) is 9.11. The number of urea groups is 1. The van der Waals surface area contributed by atoms with Crippen molar-refractivity contribution in [3.05, 3.63) is 0 Å². The van der Waals surface area contributed by atoms with E-state index in [-0.39, 0.29) is 30.0 Å². The lowest BCUT2D eigenvalue weighted by Crippen LogP contribution is -2.57. The second kappa shape index (κ2) is 6.43. The maximum atomic E-state index is 12.4. The molecule has 0 spiro atoms. The standard InChI is InChI=1S/C14H26N2O4/c1-9-8-20-10(2)7-16(9)13(19)15-11(6-12(17)18)14(3,4)5/h9-11H,6-8H2,1-5H3,(H,15,19)(H,17,18). The molecule has 116 valence electrons. The van der Waals surface area contributed by atoms with E-state index in [1.54, 1.807) is 4.90 Å². The van der Waals surface area contributed by atoms with Crippen LogP contribution in [-0.2, 0) is 9.53 Å². The van der Waals surface area contributed by atoms with Crippen LogP contribution in [0.15, 0.2) is 0 Å². The molecule has 0 bridgehead atoms. The van der Waals surface area contributed by atoms with Crippen LogP contribution in [0.25, 0.3) is 0 Å². The number of morpholine rings is 1. The number of carboxylic acids is 1. The Labute approximate surface area is 120 Å². The number of aliphatic carboxylic acids is 1. The summed E-state index contributed by atoms with van der Waals surface area (Å²) in [6.45, 7) is 10.6. The zero-order valence-corrected chi connectivity index (χ0v) is 13.0. The molecule has 1 rings (SSSR count). The van der Waals surface area contributed by atoms with Crippen LogP contribution >= 0.6 is 0 Å². The topological polar surface area (TPSA) is 78.9 Å². The van der Waals surface area contributed by atoms with Crippen molar-refractivity contribution in [2.75, 3.05) is 13.2 Å². The lowest BCUT2D eigenvalue weighted by molar-refractivity contribution is -0.138. The minimum absolute atomic E-state index is 0.00311. The number of hydrogen-bond donors (Lipinski definition) is 2. The molecule has 2 amide bonds. The van der Waals surface area contributed by atoms with Gasteiger partial charge >= 0.3 is 12.0 Å². The number of carbonyl (C=O) groups excluding carboxylic acids is 1. The summed E-state index contributed by atoms with van der Waals surface area (Å²) in [5, 5.41) is 11.8. The molecule has 3 unspecified atom stereocenters. The van der Waals surface area contributed by atoms with Crippen molar-refractivity contribution < 1.29 is 19.4 Å². The number of hydrogen-bond acceptors (Lipinski definition) is 3. The Morgan fingerprint density at radius 3 is 2.50 bits per heavy atom. The van der Waals surface area contributed by atoms with Gasteiger partial charge in [-0.1, -0.05) is 20.8 Å². The molecule has 3 atom stereocenters. The molecule has 0 aliphatic carbocycles. The second-order valence-corrected chi connectivity index (χ2v) is 6.61. The van der Waals surface area contributed by atoms with Crippen LogP contribution in [0.4, 0.5) is 4.79 Å². The molecule has 1 saturated heterocycles. The van der Waals surface area contributed by atoms with Crippen molar-refractivity contribution >= 4 is 12.0 Å². The fourth-order valence-electron chi connectivity index (χ4n) is 2.17. The van der Waals surface area contributed by atoms with Gasteiger partial charge < -0.3 is 20.1 Å². The molecule has 0 aromatic rings. The van der Waals surface area contributed by atoms with Gasteiger partial charge in [0.25, 0.3) is 0 Å². The molecule has 0 aromatic carbocycles. The Morgan fingerprint density at radius 1 is 1.40 bits per heavy atom. The Bertz CT molecular complexity index is 365. The maximum absolute atomic E-state index is 12.4. The summed E-state index contributed by atoms with van der Waals surface area (Å²) in [5.41, 5.74) is -0.310. The van der Waals surface area contributed by atoms with E-state index in [2.05, 4.69) is 5.32 Å². The Morgan fingerprint density at radius 2 is 2.00 bits per heavy atom. The molecular weight excluding hydrogens is 260 g/mol. The quantitative estimate of drug-likeness (QED) is 0.827. The lowest BCUT2D eigenvalue weighted by atomic mass is 9.85. The summed E-state index contributed by atoms with van der Waals surface area (Å²) >= 11 is 0. The third kappa shape index (κ3) is 4.67. The first-order valence-corrected chi connectivity index (χ1v) is 7.01. The normalized spacial score (nSPS) is 25.1. The summed E-state index contributed by atoms with van der Waals surface area (Å²) in [6.07, 6.45) is -0.0757. The van der Waals surface area contributed by atoms with Crippen molar-refractivity contribution in [1.82, 2.24) is 10.2 Å². The Hall–Kier alpha value is -1.30. The predicted octanol–water partition coefficient (Wildman–Crippen LogP) is 1.69. The zero-order valence-electron chi connectivity index (χ0n) is 13.0. The molecule has 20 heavy (non-hydrogen) atoms. The number of nitrogens with zero attached hydrogens (tertiary/aromatic N) is 1. The van der Waals surface area contributed by atoms with Crippen LogP contribution in [-0.4, -0.2) is 53.3 Å². The first-order valence-electron chi connectivity index (χ1n) is 7.01. The van der Waals surface area contributed by atoms with Crippen LogP contribution in [0.1, 0.15) is 41.0 Å². The molecule has 1 fully saturated rings. The highest BCUT2D eigenvalue weighted by atomic mass is 16.5.